The van der Waals surface area contributed by atoms with E-state index in [0.29, 0.717) is 6.54 Å². The Morgan fingerprint density at radius 3 is 3.18 bits per heavy atom. The van der Waals surface area contributed by atoms with Crippen LogP contribution in [0.5, 0.6) is 0 Å². The maximum Gasteiger partial charge on any atom is 0.238 e. The van der Waals surface area contributed by atoms with Crippen LogP contribution in [0.1, 0.15) is 23.9 Å². The number of hydrogen-bond acceptors (Lipinski definition) is 4. The van der Waals surface area contributed by atoms with Crippen molar-refractivity contribution in [2.24, 2.45) is 0 Å². The molecule has 1 aliphatic rings. The molecule has 1 amide bonds. The van der Waals surface area contributed by atoms with Crippen molar-refractivity contribution in [3.05, 3.63) is 22.4 Å². The van der Waals surface area contributed by atoms with Crippen LogP contribution in [0.2, 0.25) is 0 Å². The van der Waals surface area contributed by atoms with Gasteiger partial charge < -0.3 is 9.64 Å². The van der Waals surface area contributed by atoms with Gasteiger partial charge in [-0.15, -0.1) is 11.3 Å². The largest absolute Gasteiger partial charge is 0.385 e. The Hall–Kier alpha value is -0.910. The zero-order valence-corrected chi connectivity index (χ0v) is 10.8. The van der Waals surface area contributed by atoms with E-state index in [4.69, 9.17) is 4.74 Å². The normalized spacial score (nSPS) is 20.2. The number of methoxy groups -OCH3 is 1. The first kappa shape index (κ1) is 12.5. The van der Waals surface area contributed by atoms with Crippen molar-refractivity contribution in [1.29, 1.82) is 0 Å². The van der Waals surface area contributed by atoms with Crippen LogP contribution in [-0.4, -0.2) is 37.6 Å². The van der Waals surface area contributed by atoms with E-state index in [1.54, 1.807) is 18.4 Å². The van der Waals surface area contributed by atoms with Gasteiger partial charge in [0.15, 0.2) is 0 Å². The van der Waals surface area contributed by atoms with Crippen molar-refractivity contribution < 1.29 is 9.53 Å². The van der Waals surface area contributed by atoms with Gasteiger partial charge in [0, 0.05) is 25.1 Å². The molecular weight excluding hydrogens is 236 g/mol. The smallest absolute Gasteiger partial charge is 0.238 e. The average Bonchev–Trinajstić information content (AvgIpc) is 2.94. The minimum Gasteiger partial charge on any atom is -0.385 e. The molecule has 17 heavy (non-hydrogen) atoms. The number of carbonyl (C=O) groups is 1. The minimum atomic E-state index is 0.0741. The molecule has 1 atom stereocenters. The molecule has 0 saturated carbocycles. The van der Waals surface area contributed by atoms with E-state index in [0.717, 1.165) is 26.0 Å². The van der Waals surface area contributed by atoms with E-state index in [1.165, 1.54) is 4.88 Å². The first-order chi connectivity index (χ1) is 8.33. The highest BCUT2D eigenvalue weighted by molar-refractivity contribution is 7.10. The van der Waals surface area contributed by atoms with E-state index >= 15 is 0 Å². The molecule has 1 aromatic heterocycles. The Bertz CT molecular complexity index is 353. The number of carbonyl (C=O) groups excluding carboxylic acids is 1. The molecule has 1 saturated heterocycles. The number of hydrogen-bond donors (Lipinski definition) is 1. The van der Waals surface area contributed by atoms with E-state index in [9.17, 15) is 4.79 Å². The van der Waals surface area contributed by atoms with Crippen LogP contribution in [0.3, 0.4) is 0 Å². The number of ether oxygens (including phenoxy) is 1. The molecule has 0 radical (unpaired) electrons. The van der Waals surface area contributed by atoms with E-state index in [-0.39, 0.29) is 12.1 Å². The molecular formula is C12H18N2O2S. The zero-order valence-electron chi connectivity index (χ0n) is 10.0. The predicted octanol–water partition coefficient (Wildman–Crippen LogP) is 1.61. The molecule has 0 bridgehead atoms. The molecule has 1 fully saturated rings. The maximum atomic E-state index is 11.8. The van der Waals surface area contributed by atoms with Crippen molar-refractivity contribution in [2.75, 3.05) is 26.8 Å². The molecule has 0 spiro atoms. The third kappa shape index (κ3) is 3.06. The zero-order chi connectivity index (χ0) is 12.1. The Labute approximate surface area is 106 Å². The molecule has 94 valence electrons. The molecule has 5 heteroatoms. The summed E-state index contributed by atoms with van der Waals surface area (Å²) in [7, 11) is 1.71. The average molecular weight is 254 g/mol. The summed E-state index contributed by atoms with van der Waals surface area (Å²) in [6, 6.07) is 4.09. The van der Waals surface area contributed by atoms with Crippen molar-refractivity contribution in [3.63, 3.8) is 0 Å². The van der Waals surface area contributed by atoms with Gasteiger partial charge in [-0.3, -0.25) is 10.1 Å². The lowest BCUT2D eigenvalue weighted by Gasteiger charge is -2.23. The van der Waals surface area contributed by atoms with Crippen LogP contribution in [0, 0.1) is 0 Å². The van der Waals surface area contributed by atoms with Crippen LogP contribution in [0.15, 0.2) is 17.5 Å². The Kier molecular flexibility index (Phi) is 4.53. The predicted molar refractivity (Wildman–Crippen MR) is 67.9 cm³/mol. The van der Waals surface area contributed by atoms with Crippen LogP contribution in [0.4, 0.5) is 0 Å². The summed E-state index contributed by atoms with van der Waals surface area (Å²) in [5.74, 6) is 0.195. The fourth-order valence-electron chi connectivity index (χ4n) is 2.02. The quantitative estimate of drug-likeness (QED) is 0.784. The van der Waals surface area contributed by atoms with Gasteiger partial charge >= 0.3 is 0 Å². The van der Waals surface area contributed by atoms with E-state index < -0.39 is 0 Å². The second-order valence-corrected chi connectivity index (χ2v) is 5.07. The fraction of sp³-hybridized carbons (Fsp3) is 0.583. The van der Waals surface area contributed by atoms with Crippen molar-refractivity contribution in [3.8, 4) is 0 Å². The van der Waals surface area contributed by atoms with Crippen molar-refractivity contribution >= 4 is 17.2 Å². The number of nitrogens with zero attached hydrogens (tertiary/aromatic N) is 1. The van der Waals surface area contributed by atoms with Gasteiger partial charge in [-0.1, -0.05) is 6.07 Å². The highest BCUT2D eigenvalue weighted by atomic mass is 32.1. The SMILES string of the molecule is COCCCCN1C(=O)CNC1c1cccs1. The lowest BCUT2D eigenvalue weighted by Crippen LogP contribution is -2.30. The summed E-state index contributed by atoms with van der Waals surface area (Å²) in [6.45, 7) is 2.02. The van der Waals surface area contributed by atoms with Crippen LogP contribution in [-0.2, 0) is 9.53 Å². The lowest BCUT2D eigenvalue weighted by atomic mass is 10.3. The van der Waals surface area contributed by atoms with Crippen LogP contribution < -0.4 is 5.32 Å². The van der Waals surface area contributed by atoms with Gasteiger partial charge in [-0.05, 0) is 24.3 Å². The Morgan fingerprint density at radius 2 is 2.47 bits per heavy atom. The van der Waals surface area contributed by atoms with Gasteiger partial charge in [0.1, 0.15) is 6.17 Å². The summed E-state index contributed by atoms with van der Waals surface area (Å²) >= 11 is 1.69. The molecule has 1 aromatic rings. The highest BCUT2D eigenvalue weighted by Crippen LogP contribution is 2.26. The Morgan fingerprint density at radius 1 is 1.59 bits per heavy atom. The van der Waals surface area contributed by atoms with E-state index in [1.807, 2.05) is 16.3 Å². The summed E-state index contributed by atoms with van der Waals surface area (Å²) in [5.41, 5.74) is 0. The monoisotopic (exact) mass is 254 g/mol. The molecule has 2 rings (SSSR count). The number of amides is 1. The maximum absolute atomic E-state index is 11.8. The second-order valence-electron chi connectivity index (χ2n) is 4.09. The molecule has 4 nitrogen and oxygen atoms in total. The number of unbranched alkanes of at least 4 members (excludes halogenated alkanes) is 1. The van der Waals surface area contributed by atoms with Gasteiger partial charge in [-0.2, -0.15) is 0 Å². The minimum absolute atomic E-state index is 0.0741. The van der Waals surface area contributed by atoms with Gasteiger partial charge in [-0.25, -0.2) is 0 Å². The standard InChI is InChI=1S/C12H18N2O2S/c1-16-7-3-2-6-14-11(15)9-13-12(14)10-5-4-8-17-10/h4-5,8,12-13H,2-3,6-7,9H2,1H3. The third-order valence-corrected chi connectivity index (χ3v) is 3.81. The number of nitrogens with one attached hydrogen (secondary N) is 1. The molecule has 2 heterocycles. The summed E-state index contributed by atoms with van der Waals surface area (Å²) < 4.78 is 5.02. The Balaban J connectivity index is 1.90. The number of rotatable bonds is 6. The first-order valence-electron chi connectivity index (χ1n) is 5.88. The summed E-state index contributed by atoms with van der Waals surface area (Å²) in [5, 5.41) is 5.30. The topological polar surface area (TPSA) is 41.6 Å². The molecule has 0 aromatic carbocycles. The fourth-order valence-corrected chi connectivity index (χ4v) is 2.83. The number of thiophene rings is 1. The highest BCUT2D eigenvalue weighted by Gasteiger charge is 2.31. The van der Waals surface area contributed by atoms with Crippen LogP contribution in [0.25, 0.3) is 0 Å². The molecule has 1 unspecified atom stereocenters. The lowest BCUT2D eigenvalue weighted by molar-refractivity contribution is -0.128. The summed E-state index contributed by atoms with van der Waals surface area (Å²) in [4.78, 5) is 14.9. The molecule has 1 N–H and O–H groups in total. The van der Waals surface area contributed by atoms with Crippen molar-refractivity contribution in [1.82, 2.24) is 10.2 Å². The van der Waals surface area contributed by atoms with Gasteiger partial charge in [0.2, 0.25) is 5.91 Å². The second kappa shape index (κ2) is 6.14. The molecule has 1 aliphatic heterocycles. The van der Waals surface area contributed by atoms with Crippen molar-refractivity contribution in [2.45, 2.75) is 19.0 Å². The first-order valence-corrected chi connectivity index (χ1v) is 6.76. The molecule has 0 aliphatic carbocycles. The van der Waals surface area contributed by atoms with E-state index in [2.05, 4.69) is 11.4 Å². The van der Waals surface area contributed by atoms with Gasteiger partial charge in [0.25, 0.3) is 0 Å². The third-order valence-electron chi connectivity index (χ3n) is 2.89. The van der Waals surface area contributed by atoms with Gasteiger partial charge in [0.05, 0.1) is 6.54 Å². The van der Waals surface area contributed by atoms with Crippen LogP contribution >= 0.6 is 11.3 Å². The summed E-state index contributed by atoms with van der Waals surface area (Å²) in [6.07, 6.45) is 2.06.